The normalized spacial score (nSPS) is 12.0. The molecule has 1 amide bonds. The van der Waals surface area contributed by atoms with Gasteiger partial charge in [-0.3, -0.25) is 9.36 Å². The number of aromatic nitrogens is 4. The second-order valence-electron chi connectivity index (χ2n) is 7.45. The van der Waals surface area contributed by atoms with Gasteiger partial charge in [-0.05, 0) is 35.4 Å². The number of hydrogen-bond donors (Lipinski definition) is 2. The van der Waals surface area contributed by atoms with Gasteiger partial charge in [-0.15, -0.1) is 0 Å². The van der Waals surface area contributed by atoms with E-state index < -0.39 is 0 Å². The number of rotatable bonds is 6. The minimum atomic E-state index is -0.188. The first-order valence-electron chi connectivity index (χ1n) is 10.2. The van der Waals surface area contributed by atoms with Crippen molar-refractivity contribution in [2.45, 2.75) is 5.92 Å². The lowest BCUT2D eigenvalue weighted by Crippen LogP contribution is -2.29. The molecule has 6 nitrogen and oxygen atoms in total. The number of aromatic amines is 1. The summed E-state index contributed by atoms with van der Waals surface area (Å²) in [6.07, 6.45) is 8.71. The highest BCUT2D eigenvalue weighted by molar-refractivity contribution is 6.31. The number of nitrogens with zero attached hydrogens (tertiary/aromatic N) is 3. The molecular weight excluding hydrogens is 422 g/mol. The van der Waals surface area contributed by atoms with Gasteiger partial charge in [0.05, 0.1) is 5.56 Å². The SMILES string of the molecule is O=C(NCC(c1ccccc1Cl)c1c[nH]c2ccccc12)c1ccc(-n2ccnc2)nc1. The van der Waals surface area contributed by atoms with Crippen molar-refractivity contribution in [3.05, 3.63) is 113 Å². The highest BCUT2D eigenvalue weighted by Gasteiger charge is 2.21. The third-order valence-electron chi connectivity index (χ3n) is 5.52. The molecule has 158 valence electrons. The molecule has 0 saturated carbocycles. The number of imidazole rings is 1. The van der Waals surface area contributed by atoms with E-state index in [1.54, 1.807) is 41.6 Å². The van der Waals surface area contributed by atoms with E-state index in [0.29, 0.717) is 22.9 Å². The van der Waals surface area contributed by atoms with Crippen molar-refractivity contribution in [1.82, 2.24) is 24.8 Å². The molecule has 0 aliphatic carbocycles. The Morgan fingerprint density at radius 1 is 1.06 bits per heavy atom. The largest absolute Gasteiger partial charge is 0.361 e. The molecule has 1 unspecified atom stereocenters. The summed E-state index contributed by atoms with van der Waals surface area (Å²) in [5, 5.41) is 4.84. The first kappa shape index (κ1) is 20.0. The van der Waals surface area contributed by atoms with Crippen molar-refractivity contribution in [1.29, 1.82) is 0 Å². The van der Waals surface area contributed by atoms with Gasteiger partial charge in [-0.1, -0.05) is 48.0 Å². The summed E-state index contributed by atoms with van der Waals surface area (Å²) >= 11 is 6.55. The molecule has 3 heterocycles. The first-order valence-corrected chi connectivity index (χ1v) is 10.6. The summed E-state index contributed by atoms with van der Waals surface area (Å²) in [7, 11) is 0. The zero-order chi connectivity index (χ0) is 21.9. The van der Waals surface area contributed by atoms with E-state index in [2.05, 4.69) is 26.3 Å². The number of hydrogen-bond acceptors (Lipinski definition) is 3. The van der Waals surface area contributed by atoms with Crippen LogP contribution in [0.4, 0.5) is 0 Å². The smallest absolute Gasteiger partial charge is 0.252 e. The van der Waals surface area contributed by atoms with Crippen LogP contribution in [0.25, 0.3) is 16.7 Å². The molecule has 5 aromatic rings. The molecular formula is C25H20ClN5O. The van der Waals surface area contributed by atoms with Crippen molar-refractivity contribution in [2.24, 2.45) is 0 Å². The summed E-state index contributed by atoms with van der Waals surface area (Å²) < 4.78 is 1.78. The lowest BCUT2D eigenvalue weighted by molar-refractivity contribution is 0.0952. The molecule has 0 fully saturated rings. The Morgan fingerprint density at radius 2 is 1.91 bits per heavy atom. The maximum absolute atomic E-state index is 12.9. The number of H-pyrrole nitrogens is 1. The highest BCUT2D eigenvalue weighted by Crippen LogP contribution is 2.34. The molecule has 7 heteroatoms. The first-order chi connectivity index (χ1) is 15.7. The van der Waals surface area contributed by atoms with Gasteiger partial charge in [0, 0.05) is 53.2 Å². The van der Waals surface area contributed by atoms with Crippen LogP contribution in [0, 0.1) is 0 Å². The molecule has 0 aliphatic rings. The molecule has 0 bridgehead atoms. The topological polar surface area (TPSA) is 75.6 Å². The molecule has 1 atom stereocenters. The van der Waals surface area contributed by atoms with E-state index in [1.807, 2.05) is 48.7 Å². The predicted molar refractivity (Wildman–Crippen MR) is 125 cm³/mol. The maximum atomic E-state index is 12.9. The fraction of sp³-hybridized carbons (Fsp3) is 0.0800. The van der Waals surface area contributed by atoms with E-state index in [1.165, 1.54) is 0 Å². The Kier molecular flexibility index (Phi) is 5.44. The van der Waals surface area contributed by atoms with Gasteiger partial charge < -0.3 is 10.3 Å². The van der Waals surface area contributed by atoms with Crippen LogP contribution in [0.2, 0.25) is 5.02 Å². The van der Waals surface area contributed by atoms with Crippen molar-refractivity contribution in [3.63, 3.8) is 0 Å². The van der Waals surface area contributed by atoms with Gasteiger partial charge in [0.1, 0.15) is 12.1 Å². The third kappa shape index (κ3) is 3.88. The Bertz CT molecular complexity index is 1360. The van der Waals surface area contributed by atoms with Gasteiger partial charge >= 0.3 is 0 Å². The fourth-order valence-corrected chi connectivity index (χ4v) is 4.16. The Hall–Kier alpha value is -3.90. The van der Waals surface area contributed by atoms with Gasteiger partial charge in [-0.2, -0.15) is 0 Å². The molecule has 32 heavy (non-hydrogen) atoms. The van der Waals surface area contributed by atoms with Crippen LogP contribution in [0.1, 0.15) is 27.4 Å². The van der Waals surface area contributed by atoms with Crippen LogP contribution in [-0.2, 0) is 0 Å². The van der Waals surface area contributed by atoms with Crippen molar-refractivity contribution in [2.75, 3.05) is 6.54 Å². The van der Waals surface area contributed by atoms with Crippen LogP contribution in [-0.4, -0.2) is 32.0 Å². The monoisotopic (exact) mass is 441 g/mol. The van der Waals surface area contributed by atoms with E-state index in [9.17, 15) is 4.79 Å². The Labute approximate surface area is 189 Å². The molecule has 2 aromatic carbocycles. The highest BCUT2D eigenvalue weighted by atomic mass is 35.5. The number of carbonyl (C=O) groups excluding carboxylic acids is 1. The number of para-hydroxylation sites is 1. The fourth-order valence-electron chi connectivity index (χ4n) is 3.89. The molecule has 0 spiro atoms. The van der Waals surface area contributed by atoms with Crippen LogP contribution in [0.3, 0.4) is 0 Å². The van der Waals surface area contributed by atoms with Crippen molar-refractivity contribution >= 4 is 28.4 Å². The number of amides is 1. The summed E-state index contributed by atoms with van der Waals surface area (Å²) in [5.74, 6) is 0.403. The summed E-state index contributed by atoms with van der Waals surface area (Å²) in [6.45, 7) is 0.397. The summed E-state index contributed by atoms with van der Waals surface area (Å²) in [6, 6.07) is 19.4. The minimum absolute atomic E-state index is 0.109. The van der Waals surface area contributed by atoms with Gasteiger partial charge in [0.25, 0.3) is 5.91 Å². The Morgan fingerprint density at radius 3 is 2.69 bits per heavy atom. The standard InChI is InChI=1S/C25H20ClN5O/c26-22-7-3-1-5-18(22)20(21-14-28-23-8-4-2-6-19(21)23)15-30-25(32)17-9-10-24(29-13-17)31-12-11-27-16-31/h1-14,16,20,28H,15H2,(H,30,32). The second kappa shape index (κ2) is 8.69. The Balaban J connectivity index is 1.41. The average molecular weight is 442 g/mol. The van der Waals surface area contributed by atoms with Gasteiger partial charge in [-0.25, -0.2) is 9.97 Å². The van der Waals surface area contributed by atoms with E-state index in [4.69, 9.17) is 11.6 Å². The van der Waals surface area contributed by atoms with Crippen LogP contribution >= 0.6 is 11.6 Å². The molecule has 0 radical (unpaired) electrons. The molecule has 0 saturated heterocycles. The van der Waals surface area contributed by atoms with E-state index in [0.717, 1.165) is 22.0 Å². The zero-order valence-electron chi connectivity index (χ0n) is 17.1. The molecule has 0 aliphatic heterocycles. The number of benzene rings is 2. The second-order valence-corrected chi connectivity index (χ2v) is 7.86. The van der Waals surface area contributed by atoms with Crippen molar-refractivity contribution < 1.29 is 4.79 Å². The molecule has 3 aromatic heterocycles. The number of carbonyl (C=O) groups is 1. The number of nitrogens with one attached hydrogen (secondary N) is 2. The molecule has 5 rings (SSSR count). The predicted octanol–water partition coefficient (Wildman–Crippen LogP) is 4.96. The van der Waals surface area contributed by atoms with Crippen molar-refractivity contribution in [3.8, 4) is 5.82 Å². The van der Waals surface area contributed by atoms with Crippen LogP contribution in [0.5, 0.6) is 0 Å². The van der Waals surface area contributed by atoms with Gasteiger partial charge in [0.2, 0.25) is 0 Å². The van der Waals surface area contributed by atoms with E-state index in [-0.39, 0.29) is 11.8 Å². The number of pyridine rings is 1. The summed E-state index contributed by atoms with van der Waals surface area (Å²) in [5.41, 5.74) is 3.59. The summed E-state index contributed by atoms with van der Waals surface area (Å²) in [4.78, 5) is 24.6. The van der Waals surface area contributed by atoms with Crippen LogP contribution in [0.15, 0.2) is 91.8 Å². The lowest BCUT2D eigenvalue weighted by Gasteiger charge is -2.19. The maximum Gasteiger partial charge on any atom is 0.252 e. The number of halogens is 1. The zero-order valence-corrected chi connectivity index (χ0v) is 17.8. The third-order valence-corrected chi connectivity index (χ3v) is 5.87. The lowest BCUT2D eigenvalue weighted by atomic mass is 9.90. The molecule has 2 N–H and O–H groups in total. The van der Waals surface area contributed by atoms with Crippen LogP contribution < -0.4 is 5.32 Å². The van der Waals surface area contributed by atoms with Gasteiger partial charge in [0.15, 0.2) is 0 Å². The number of fused-ring (bicyclic) bond motifs is 1. The minimum Gasteiger partial charge on any atom is -0.361 e. The quantitative estimate of drug-likeness (QED) is 0.391. The van der Waals surface area contributed by atoms with E-state index >= 15 is 0 Å². The average Bonchev–Trinajstić information content (AvgIpc) is 3.51.